The fourth-order valence-electron chi connectivity index (χ4n) is 1.79. The normalized spacial score (nSPS) is 14.0. The summed E-state index contributed by atoms with van der Waals surface area (Å²) in [6.45, 7) is 15.0. The topological polar surface area (TPSA) is 15.3 Å². The van der Waals surface area contributed by atoms with E-state index in [-0.39, 0.29) is 5.54 Å². The van der Waals surface area contributed by atoms with Crippen LogP contribution in [0, 0.1) is 0 Å². The molecule has 1 atom stereocenters. The minimum absolute atomic E-state index is 0.249. The van der Waals surface area contributed by atoms with Gasteiger partial charge in [-0.3, -0.25) is 0 Å². The van der Waals surface area contributed by atoms with E-state index in [1.807, 2.05) is 6.08 Å². The molecule has 0 aliphatic heterocycles. The smallest absolute Gasteiger partial charge is 0.00965 e. The summed E-state index contributed by atoms with van der Waals surface area (Å²) in [7, 11) is 2.23. The van der Waals surface area contributed by atoms with Gasteiger partial charge in [-0.05, 0) is 73.5 Å². The first-order valence-corrected chi connectivity index (χ1v) is 6.93. The third-order valence-corrected chi connectivity index (χ3v) is 3.13. The lowest BCUT2D eigenvalue weighted by atomic mass is 10.1. The SMILES string of the molecule is C=CCCCN(C)C(C)CCCNC(C)(C)C. The van der Waals surface area contributed by atoms with Gasteiger partial charge in [-0.1, -0.05) is 6.08 Å². The van der Waals surface area contributed by atoms with Crippen LogP contribution >= 0.6 is 0 Å². The fourth-order valence-corrected chi connectivity index (χ4v) is 1.79. The van der Waals surface area contributed by atoms with E-state index >= 15 is 0 Å². The standard InChI is InChI=1S/C15H32N2/c1-7-8-9-13-17(6)14(2)11-10-12-16-15(3,4)5/h7,14,16H,1,8-13H2,2-6H3. The second-order valence-electron chi connectivity index (χ2n) is 6.08. The zero-order valence-corrected chi connectivity index (χ0v) is 12.6. The molecule has 0 amide bonds. The lowest BCUT2D eigenvalue weighted by Gasteiger charge is -2.26. The average Bonchev–Trinajstić information content (AvgIpc) is 2.23. The molecular formula is C15H32N2. The third-order valence-electron chi connectivity index (χ3n) is 3.13. The van der Waals surface area contributed by atoms with E-state index in [1.54, 1.807) is 0 Å². The van der Waals surface area contributed by atoms with Gasteiger partial charge in [0.05, 0.1) is 0 Å². The molecule has 0 aromatic rings. The molecule has 0 aliphatic carbocycles. The van der Waals surface area contributed by atoms with Crippen LogP contribution < -0.4 is 5.32 Å². The summed E-state index contributed by atoms with van der Waals surface area (Å²) >= 11 is 0. The molecule has 17 heavy (non-hydrogen) atoms. The van der Waals surface area contributed by atoms with Gasteiger partial charge in [0.1, 0.15) is 0 Å². The average molecular weight is 240 g/mol. The summed E-state index contributed by atoms with van der Waals surface area (Å²) < 4.78 is 0. The Bertz CT molecular complexity index is 194. The highest BCUT2D eigenvalue weighted by Crippen LogP contribution is 2.06. The van der Waals surface area contributed by atoms with Gasteiger partial charge in [-0.15, -0.1) is 6.58 Å². The van der Waals surface area contributed by atoms with Gasteiger partial charge in [-0.25, -0.2) is 0 Å². The summed E-state index contributed by atoms with van der Waals surface area (Å²) in [5.41, 5.74) is 0.249. The van der Waals surface area contributed by atoms with Crippen LogP contribution in [0.15, 0.2) is 12.7 Å². The Labute approximate surface area is 108 Å². The first kappa shape index (κ1) is 16.7. The van der Waals surface area contributed by atoms with Gasteiger partial charge in [-0.2, -0.15) is 0 Å². The van der Waals surface area contributed by atoms with E-state index in [1.165, 1.54) is 25.8 Å². The van der Waals surface area contributed by atoms with Crippen LogP contribution in [-0.4, -0.2) is 36.6 Å². The summed E-state index contributed by atoms with van der Waals surface area (Å²) in [4.78, 5) is 2.46. The van der Waals surface area contributed by atoms with E-state index in [0.717, 1.165) is 13.0 Å². The number of hydrogen-bond donors (Lipinski definition) is 1. The van der Waals surface area contributed by atoms with Crippen molar-refractivity contribution >= 4 is 0 Å². The molecule has 0 aromatic heterocycles. The zero-order chi connectivity index (χ0) is 13.3. The lowest BCUT2D eigenvalue weighted by molar-refractivity contribution is 0.238. The fraction of sp³-hybridized carbons (Fsp3) is 0.867. The molecule has 0 radical (unpaired) electrons. The molecule has 1 unspecified atom stereocenters. The second kappa shape index (κ2) is 8.71. The highest BCUT2D eigenvalue weighted by molar-refractivity contribution is 4.72. The van der Waals surface area contributed by atoms with Crippen molar-refractivity contribution in [1.82, 2.24) is 10.2 Å². The van der Waals surface area contributed by atoms with Crippen LogP contribution in [0.2, 0.25) is 0 Å². The maximum absolute atomic E-state index is 3.76. The minimum atomic E-state index is 0.249. The summed E-state index contributed by atoms with van der Waals surface area (Å²) in [6.07, 6.45) is 6.89. The highest BCUT2D eigenvalue weighted by atomic mass is 15.1. The number of unbranched alkanes of at least 4 members (excludes halogenated alkanes) is 1. The van der Waals surface area contributed by atoms with E-state index in [4.69, 9.17) is 0 Å². The van der Waals surface area contributed by atoms with E-state index in [9.17, 15) is 0 Å². The number of rotatable bonds is 9. The number of allylic oxidation sites excluding steroid dienone is 1. The molecule has 1 N–H and O–H groups in total. The molecule has 2 nitrogen and oxygen atoms in total. The minimum Gasteiger partial charge on any atom is -0.312 e. The van der Waals surface area contributed by atoms with Crippen LogP contribution in [0.5, 0.6) is 0 Å². The molecule has 0 aliphatic rings. The molecule has 0 fully saturated rings. The van der Waals surface area contributed by atoms with Gasteiger partial charge in [0.15, 0.2) is 0 Å². The Morgan fingerprint density at radius 3 is 2.47 bits per heavy atom. The molecule has 0 aromatic carbocycles. The molecule has 0 spiro atoms. The monoisotopic (exact) mass is 240 g/mol. The Morgan fingerprint density at radius 2 is 1.94 bits per heavy atom. The largest absolute Gasteiger partial charge is 0.312 e. The lowest BCUT2D eigenvalue weighted by Crippen LogP contribution is -2.37. The number of nitrogens with zero attached hydrogens (tertiary/aromatic N) is 1. The van der Waals surface area contributed by atoms with Crippen molar-refractivity contribution in [3.8, 4) is 0 Å². The van der Waals surface area contributed by atoms with Crippen molar-refractivity contribution in [1.29, 1.82) is 0 Å². The first-order valence-electron chi connectivity index (χ1n) is 6.93. The van der Waals surface area contributed by atoms with Crippen LogP contribution in [0.3, 0.4) is 0 Å². The molecule has 2 heteroatoms. The Morgan fingerprint density at radius 1 is 1.29 bits per heavy atom. The predicted molar refractivity (Wildman–Crippen MR) is 78.5 cm³/mol. The van der Waals surface area contributed by atoms with Crippen molar-refractivity contribution in [3.05, 3.63) is 12.7 Å². The summed E-state index contributed by atoms with van der Waals surface area (Å²) in [5.74, 6) is 0. The molecule has 0 saturated heterocycles. The van der Waals surface area contributed by atoms with Crippen molar-refractivity contribution < 1.29 is 0 Å². The van der Waals surface area contributed by atoms with Gasteiger partial charge in [0.2, 0.25) is 0 Å². The molecule has 0 saturated carbocycles. The van der Waals surface area contributed by atoms with Crippen molar-refractivity contribution in [2.45, 2.75) is 65.0 Å². The first-order chi connectivity index (χ1) is 7.87. The summed E-state index contributed by atoms with van der Waals surface area (Å²) in [6, 6.07) is 0.682. The van der Waals surface area contributed by atoms with Crippen LogP contribution in [0.4, 0.5) is 0 Å². The van der Waals surface area contributed by atoms with Gasteiger partial charge >= 0.3 is 0 Å². The van der Waals surface area contributed by atoms with Gasteiger partial charge in [0.25, 0.3) is 0 Å². The van der Waals surface area contributed by atoms with Crippen LogP contribution in [0.25, 0.3) is 0 Å². The number of nitrogens with one attached hydrogen (secondary N) is 1. The Hall–Kier alpha value is -0.340. The van der Waals surface area contributed by atoms with Crippen molar-refractivity contribution in [2.75, 3.05) is 20.1 Å². The highest BCUT2D eigenvalue weighted by Gasteiger charge is 2.10. The maximum atomic E-state index is 3.76. The second-order valence-corrected chi connectivity index (χ2v) is 6.08. The molecule has 0 heterocycles. The predicted octanol–water partition coefficient (Wildman–Crippen LogP) is 3.44. The van der Waals surface area contributed by atoms with Crippen molar-refractivity contribution in [3.63, 3.8) is 0 Å². The molecule has 0 bridgehead atoms. The van der Waals surface area contributed by atoms with Gasteiger partial charge in [0, 0.05) is 11.6 Å². The molecule has 0 rings (SSSR count). The molecule has 102 valence electrons. The van der Waals surface area contributed by atoms with Gasteiger partial charge < -0.3 is 10.2 Å². The van der Waals surface area contributed by atoms with Crippen LogP contribution in [-0.2, 0) is 0 Å². The Kier molecular flexibility index (Phi) is 8.53. The molecular weight excluding hydrogens is 208 g/mol. The van der Waals surface area contributed by atoms with Crippen LogP contribution in [0.1, 0.15) is 53.4 Å². The van der Waals surface area contributed by atoms with E-state index in [0.29, 0.717) is 6.04 Å². The van der Waals surface area contributed by atoms with E-state index in [2.05, 4.69) is 51.5 Å². The Balaban J connectivity index is 3.56. The third kappa shape index (κ3) is 10.5. The van der Waals surface area contributed by atoms with E-state index < -0.39 is 0 Å². The zero-order valence-electron chi connectivity index (χ0n) is 12.6. The quantitative estimate of drug-likeness (QED) is 0.490. The summed E-state index contributed by atoms with van der Waals surface area (Å²) in [5, 5.41) is 3.54. The number of hydrogen-bond acceptors (Lipinski definition) is 2. The maximum Gasteiger partial charge on any atom is 0.00965 e. The van der Waals surface area contributed by atoms with Crippen molar-refractivity contribution in [2.24, 2.45) is 0 Å².